The topological polar surface area (TPSA) is 56.1 Å². The van der Waals surface area contributed by atoms with Crippen LogP contribution in [0.3, 0.4) is 0 Å². The van der Waals surface area contributed by atoms with Crippen LogP contribution < -0.4 is 5.32 Å². The van der Waals surface area contributed by atoms with E-state index in [4.69, 9.17) is 5.26 Å². The van der Waals surface area contributed by atoms with Gasteiger partial charge < -0.3 is 5.32 Å². The minimum atomic E-state index is -0.193. The van der Waals surface area contributed by atoms with Gasteiger partial charge in [0.2, 0.25) is 5.91 Å². The van der Waals surface area contributed by atoms with Crippen LogP contribution in [0.4, 0.5) is 0 Å². The van der Waals surface area contributed by atoms with Crippen LogP contribution in [0, 0.1) is 17.2 Å². The molecule has 0 aliphatic heterocycles. The van der Waals surface area contributed by atoms with Gasteiger partial charge in [0.25, 0.3) is 0 Å². The summed E-state index contributed by atoms with van der Waals surface area (Å²) in [5.74, 6) is 0.485. The summed E-state index contributed by atoms with van der Waals surface area (Å²) in [6.45, 7) is 8.64. The molecule has 4 heteroatoms. The lowest BCUT2D eigenvalue weighted by Gasteiger charge is -2.28. The highest BCUT2D eigenvalue weighted by atomic mass is 16.2. The van der Waals surface area contributed by atoms with Gasteiger partial charge in [-0.15, -0.1) is 0 Å². The molecule has 0 spiro atoms. The van der Waals surface area contributed by atoms with Crippen LogP contribution in [-0.4, -0.2) is 36.5 Å². The summed E-state index contributed by atoms with van der Waals surface area (Å²) < 4.78 is 0. The SMILES string of the molecule is CC(C)CNC(=O)C(C)N(C)C(C)CC#N. The highest BCUT2D eigenvalue weighted by Gasteiger charge is 2.21. The van der Waals surface area contributed by atoms with Crippen molar-refractivity contribution in [1.29, 1.82) is 5.26 Å². The summed E-state index contributed by atoms with van der Waals surface area (Å²) in [6.07, 6.45) is 0.443. The van der Waals surface area contributed by atoms with Crippen molar-refractivity contribution >= 4 is 5.91 Å². The van der Waals surface area contributed by atoms with Gasteiger partial charge in [-0.3, -0.25) is 9.69 Å². The van der Waals surface area contributed by atoms with Crippen molar-refractivity contribution in [1.82, 2.24) is 10.2 Å². The zero-order chi connectivity index (χ0) is 12.7. The zero-order valence-electron chi connectivity index (χ0n) is 10.9. The van der Waals surface area contributed by atoms with Gasteiger partial charge in [-0.1, -0.05) is 13.8 Å². The van der Waals surface area contributed by atoms with Crippen molar-refractivity contribution in [2.75, 3.05) is 13.6 Å². The number of hydrogen-bond acceptors (Lipinski definition) is 3. The molecule has 0 heterocycles. The smallest absolute Gasteiger partial charge is 0.237 e. The standard InChI is InChI=1S/C12H23N3O/c1-9(2)8-14-12(16)11(4)15(5)10(3)6-7-13/h9-11H,6,8H2,1-5H3,(H,14,16). The van der Waals surface area contributed by atoms with Crippen LogP contribution in [0.5, 0.6) is 0 Å². The minimum Gasteiger partial charge on any atom is -0.354 e. The van der Waals surface area contributed by atoms with Crippen LogP contribution in [0.25, 0.3) is 0 Å². The molecule has 92 valence electrons. The maximum Gasteiger partial charge on any atom is 0.237 e. The third kappa shape index (κ3) is 5.13. The Kier molecular flexibility index (Phi) is 6.75. The van der Waals surface area contributed by atoms with Crippen LogP contribution in [-0.2, 0) is 4.79 Å². The molecule has 0 aromatic rings. The van der Waals surface area contributed by atoms with Gasteiger partial charge in [0.1, 0.15) is 0 Å². The molecular formula is C12H23N3O. The first-order valence-electron chi connectivity index (χ1n) is 5.76. The first kappa shape index (κ1) is 14.9. The second kappa shape index (κ2) is 7.24. The van der Waals surface area contributed by atoms with E-state index >= 15 is 0 Å². The monoisotopic (exact) mass is 225 g/mol. The summed E-state index contributed by atoms with van der Waals surface area (Å²) in [7, 11) is 1.88. The molecule has 0 rings (SSSR count). The van der Waals surface area contributed by atoms with Crippen LogP contribution >= 0.6 is 0 Å². The summed E-state index contributed by atoms with van der Waals surface area (Å²) in [5, 5.41) is 11.5. The molecule has 0 bridgehead atoms. The van der Waals surface area contributed by atoms with Gasteiger partial charge >= 0.3 is 0 Å². The van der Waals surface area contributed by atoms with Crippen LogP contribution in [0.1, 0.15) is 34.1 Å². The number of carbonyl (C=O) groups excluding carboxylic acids is 1. The Morgan fingerprint density at radius 1 is 1.38 bits per heavy atom. The molecule has 0 aromatic heterocycles. The fourth-order valence-electron chi connectivity index (χ4n) is 1.30. The molecule has 0 aliphatic carbocycles. The largest absolute Gasteiger partial charge is 0.354 e. The van der Waals surface area contributed by atoms with Gasteiger partial charge in [0.15, 0.2) is 0 Å². The van der Waals surface area contributed by atoms with Crippen molar-refractivity contribution in [3.8, 4) is 6.07 Å². The van der Waals surface area contributed by atoms with Crippen LogP contribution in [0.2, 0.25) is 0 Å². The highest BCUT2D eigenvalue weighted by molar-refractivity contribution is 5.81. The number of nitrogens with zero attached hydrogens (tertiary/aromatic N) is 2. The Labute approximate surface area is 98.6 Å². The third-order valence-corrected chi connectivity index (χ3v) is 2.76. The van der Waals surface area contributed by atoms with Gasteiger partial charge in [-0.25, -0.2) is 0 Å². The van der Waals surface area contributed by atoms with Crippen molar-refractivity contribution < 1.29 is 4.79 Å². The fourth-order valence-corrected chi connectivity index (χ4v) is 1.30. The lowest BCUT2D eigenvalue weighted by atomic mass is 10.1. The quantitative estimate of drug-likeness (QED) is 0.743. The molecule has 0 aliphatic rings. The lowest BCUT2D eigenvalue weighted by Crippen LogP contribution is -2.47. The summed E-state index contributed by atoms with van der Waals surface area (Å²) in [4.78, 5) is 13.7. The number of rotatable bonds is 6. The molecule has 1 amide bonds. The van der Waals surface area contributed by atoms with E-state index in [1.807, 2.05) is 25.8 Å². The predicted molar refractivity (Wildman–Crippen MR) is 64.8 cm³/mol. The Bertz CT molecular complexity index is 257. The minimum absolute atomic E-state index is 0.0287. The van der Waals surface area contributed by atoms with E-state index in [1.165, 1.54) is 0 Å². The Hall–Kier alpha value is -1.08. The number of nitrogens with one attached hydrogen (secondary N) is 1. The van der Waals surface area contributed by atoms with Gasteiger partial charge in [0, 0.05) is 12.6 Å². The number of nitriles is 1. The van der Waals surface area contributed by atoms with E-state index in [-0.39, 0.29) is 18.0 Å². The van der Waals surface area contributed by atoms with Gasteiger partial charge in [-0.05, 0) is 26.8 Å². The summed E-state index contributed by atoms with van der Waals surface area (Å²) in [6, 6.07) is 2.03. The summed E-state index contributed by atoms with van der Waals surface area (Å²) in [5.41, 5.74) is 0. The van der Waals surface area contributed by atoms with Crippen molar-refractivity contribution in [2.24, 2.45) is 5.92 Å². The molecule has 2 atom stereocenters. The van der Waals surface area contributed by atoms with E-state index in [1.54, 1.807) is 0 Å². The molecule has 16 heavy (non-hydrogen) atoms. The highest BCUT2D eigenvalue weighted by Crippen LogP contribution is 2.05. The predicted octanol–water partition coefficient (Wildman–Crippen LogP) is 1.38. The number of hydrogen-bond donors (Lipinski definition) is 1. The average Bonchev–Trinajstić information content (AvgIpc) is 2.23. The molecular weight excluding hydrogens is 202 g/mol. The maximum absolute atomic E-state index is 11.8. The average molecular weight is 225 g/mol. The fraction of sp³-hybridized carbons (Fsp3) is 0.833. The Morgan fingerprint density at radius 3 is 2.38 bits per heavy atom. The number of likely N-dealkylation sites (N-methyl/N-ethyl adjacent to an activating group) is 1. The van der Waals surface area contributed by atoms with E-state index in [9.17, 15) is 4.79 Å². The van der Waals surface area contributed by atoms with Crippen molar-refractivity contribution in [3.05, 3.63) is 0 Å². The molecule has 0 aromatic carbocycles. The van der Waals surface area contributed by atoms with E-state index < -0.39 is 0 Å². The van der Waals surface area contributed by atoms with E-state index in [0.29, 0.717) is 18.9 Å². The molecule has 0 saturated carbocycles. The molecule has 0 radical (unpaired) electrons. The van der Waals surface area contributed by atoms with E-state index in [0.717, 1.165) is 0 Å². The zero-order valence-corrected chi connectivity index (χ0v) is 10.9. The second-order valence-corrected chi connectivity index (χ2v) is 4.69. The third-order valence-electron chi connectivity index (χ3n) is 2.76. The number of amides is 1. The molecule has 4 nitrogen and oxygen atoms in total. The lowest BCUT2D eigenvalue weighted by molar-refractivity contribution is -0.126. The number of carbonyl (C=O) groups is 1. The van der Waals surface area contributed by atoms with Crippen molar-refractivity contribution in [2.45, 2.75) is 46.2 Å². The maximum atomic E-state index is 11.8. The molecule has 1 N–H and O–H groups in total. The first-order valence-corrected chi connectivity index (χ1v) is 5.76. The molecule has 0 saturated heterocycles. The normalized spacial score (nSPS) is 14.6. The van der Waals surface area contributed by atoms with Gasteiger partial charge in [0.05, 0.1) is 18.5 Å². The second-order valence-electron chi connectivity index (χ2n) is 4.69. The Morgan fingerprint density at radius 2 is 1.94 bits per heavy atom. The van der Waals surface area contributed by atoms with Crippen molar-refractivity contribution in [3.63, 3.8) is 0 Å². The van der Waals surface area contributed by atoms with Gasteiger partial charge in [-0.2, -0.15) is 5.26 Å². The van der Waals surface area contributed by atoms with Crippen LogP contribution in [0.15, 0.2) is 0 Å². The molecule has 2 unspecified atom stereocenters. The Balaban J connectivity index is 4.16. The molecule has 0 fully saturated rings. The first-order chi connectivity index (χ1) is 7.40. The summed E-state index contributed by atoms with van der Waals surface area (Å²) >= 11 is 0. The van der Waals surface area contributed by atoms with E-state index in [2.05, 4.69) is 25.2 Å².